The molecule has 182 valence electrons. The van der Waals surface area contributed by atoms with Crippen LogP contribution in [-0.2, 0) is 9.53 Å². The summed E-state index contributed by atoms with van der Waals surface area (Å²) >= 11 is 2.66. The van der Waals surface area contributed by atoms with Crippen molar-refractivity contribution in [2.24, 2.45) is 4.99 Å². The molecule has 0 aliphatic carbocycles. The molecule has 0 amide bonds. The van der Waals surface area contributed by atoms with Gasteiger partial charge in [-0.2, -0.15) is 0 Å². The highest BCUT2D eigenvalue weighted by atomic mass is 32.1. The van der Waals surface area contributed by atoms with Crippen molar-refractivity contribution in [3.05, 3.63) is 101 Å². The monoisotopic (exact) mass is 520 g/mol. The number of carboxylic acids is 1. The molecule has 0 bridgehead atoms. The highest BCUT2D eigenvalue weighted by Crippen LogP contribution is 2.33. The van der Waals surface area contributed by atoms with Crippen LogP contribution in [0.5, 0.6) is 0 Å². The summed E-state index contributed by atoms with van der Waals surface area (Å²) in [5.41, 5.74) is 1.33. The van der Waals surface area contributed by atoms with E-state index in [0.29, 0.717) is 37.7 Å². The molecule has 4 aromatic rings. The van der Waals surface area contributed by atoms with E-state index in [1.165, 1.54) is 39.4 Å². The molecule has 1 unspecified atom stereocenters. The molecule has 5 rings (SSSR count). The number of carbonyl (C=O) groups is 2. The Bertz CT molecular complexity index is 1690. The topological polar surface area (TPSA) is 111 Å². The van der Waals surface area contributed by atoms with Gasteiger partial charge in [0.2, 0.25) is 0 Å². The first-order chi connectivity index (χ1) is 17.4. The first-order valence-electron chi connectivity index (χ1n) is 11.0. The average molecular weight is 521 g/mol. The van der Waals surface area contributed by atoms with Crippen LogP contribution in [0.1, 0.15) is 40.9 Å². The lowest BCUT2D eigenvalue weighted by atomic mass is 10.0. The molecular weight excluding hydrogens is 500 g/mol. The summed E-state index contributed by atoms with van der Waals surface area (Å²) in [6.45, 7) is 3.69. The van der Waals surface area contributed by atoms with Gasteiger partial charge in [0.1, 0.15) is 17.6 Å². The van der Waals surface area contributed by atoms with E-state index in [2.05, 4.69) is 4.99 Å². The average Bonchev–Trinajstić information content (AvgIpc) is 3.60. The predicted octanol–water partition coefficient (Wildman–Crippen LogP) is 3.82. The number of esters is 1. The highest BCUT2D eigenvalue weighted by molar-refractivity contribution is 7.10. The van der Waals surface area contributed by atoms with Crippen molar-refractivity contribution in [1.29, 1.82) is 0 Å². The molecule has 0 saturated carbocycles. The van der Waals surface area contributed by atoms with Crippen LogP contribution in [-0.4, -0.2) is 28.2 Å². The number of carboxylic acid groups (broad SMARTS) is 1. The molecular formula is C26H20N2O6S2. The number of hydrogen-bond donors (Lipinski definition) is 1. The summed E-state index contributed by atoms with van der Waals surface area (Å²) in [7, 11) is 0. The van der Waals surface area contributed by atoms with Crippen LogP contribution in [0.3, 0.4) is 0 Å². The molecule has 8 nitrogen and oxygen atoms in total. The smallest absolute Gasteiger partial charge is 0.338 e. The number of thiazole rings is 1. The summed E-state index contributed by atoms with van der Waals surface area (Å²) in [6, 6.07) is 13.0. The Morgan fingerprint density at radius 2 is 2.06 bits per heavy atom. The minimum Gasteiger partial charge on any atom is -0.478 e. The predicted molar refractivity (Wildman–Crippen MR) is 136 cm³/mol. The fourth-order valence-electron chi connectivity index (χ4n) is 4.03. The first kappa shape index (κ1) is 23.7. The van der Waals surface area contributed by atoms with E-state index in [4.69, 9.17) is 9.15 Å². The second-order valence-corrected chi connectivity index (χ2v) is 9.89. The number of furan rings is 1. The Hall–Kier alpha value is -4.02. The molecule has 0 fully saturated rings. The van der Waals surface area contributed by atoms with Gasteiger partial charge < -0.3 is 14.3 Å². The zero-order valence-corrected chi connectivity index (χ0v) is 20.9. The quantitative estimate of drug-likeness (QED) is 0.387. The van der Waals surface area contributed by atoms with Crippen LogP contribution in [0.15, 0.2) is 79.4 Å². The van der Waals surface area contributed by atoms with Crippen LogP contribution >= 0.6 is 22.7 Å². The van der Waals surface area contributed by atoms with Gasteiger partial charge in [0.15, 0.2) is 4.80 Å². The number of thiophene rings is 1. The Balaban J connectivity index is 1.60. The number of carbonyl (C=O) groups excluding carboxylic acids is 1. The number of aromatic nitrogens is 1. The fraction of sp³-hybridized carbons (Fsp3) is 0.154. The lowest BCUT2D eigenvalue weighted by molar-refractivity contribution is -0.139. The van der Waals surface area contributed by atoms with Crippen molar-refractivity contribution < 1.29 is 23.8 Å². The van der Waals surface area contributed by atoms with Crippen LogP contribution in [0.2, 0.25) is 0 Å². The molecule has 36 heavy (non-hydrogen) atoms. The van der Waals surface area contributed by atoms with Crippen molar-refractivity contribution in [1.82, 2.24) is 4.57 Å². The third-order valence-corrected chi connectivity index (χ3v) is 7.53. The molecule has 1 atom stereocenters. The first-order valence-corrected chi connectivity index (χ1v) is 12.7. The largest absolute Gasteiger partial charge is 0.478 e. The van der Waals surface area contributed by atoms with Crippen molar-refractivity contribution in [3.8, 4) is 11.3 Å². The number of hydrogen-bond acceptors (Lipinski definition) is 8. The standard InChI is InChI=1S/C26H20N2O6S2/c1-3-33-25(32)21-14(2)27-26-28(22(21)19-8-5-11-35-19)23(29)20(36-26)13-17-9-10-18(34-17)15-6-4-7-16(12-15)24(30)31/h4-13,22H,3H2,1-2H3,(H,30,31)/b20-13+. The Kier molecular flexibility index (Phi) is 6.29. The summed E-state index contributed by atoms with van der Waals surface area (Å²) in [6.07, 6.45) is 1.63. The minimum absolute atomic E-state index is 0.153. The minimum atomic E-state index is -1.03. The van der Waals surface area contributed by atoms with E-state index in [1.54, 1.807) is 44.2 Å². The van der Waals surface area contributed by atoms with Crippen LogP contribution in [0.4, 0.5) is 0 Å². The van der Waals surface area contributed by atoms with Crippen molar-refractivity contribution >= 4 is 40.7 Å². The van der Waals surface area contributed by atoms with Crippen molar-refractivity contribution in [2.45, 2.75) is 19.9 Å². The Morgan fingerprint density at radius 1 is 1.22 bits per heavy atom. The van der Waals surface area contributed by atoms with E-state index in [1.807, 2.05) is 17.5 Å². The van der Waals surface area contributed by atoms with Gasteiger partial charge in [-0.15, -0.1) is 11.3 Å². The molecule has 0 radical (unpaired) electrons. The number of fused-ring (bicyclic) bond motifs is 1. The van der Waals surface area contributed by atoms with E-state index in [0.717, 1.165) is 4.88 Å². The van der Waals surface area contributed by atoms with Gasteiger partial charge in [-0.05, 0) is 49.6 Å². The molecule has 0 saturated heterocycles. The highest BCUT2D eigenvalue weighted by Gasteiger charge is 2.33. The van der Waals surface area contributed by atoms with Crippen LogP contribution in [0, 0.1) is 0 Å². The third kappa shape index (κ3) is 4.25. The van der Waals surface area contributed by atoms with E-state index in [-0.39, 0.29) is 17.7 Å². The second-order valence-electron chi connectivity index (χ2n) is 7.91. The number of ether oxygens (including phenoxy) is 1. The van der Waals surface area contributed by atoms with Gasteiger partial charge in [-0.25, -0.2) is 14.6 Å². The number of allylic oxidation sites excluding steroid dienone is 1. The number of nitrogens with zero attached hydrogens (tertiary/aromatic N) is 2. The zero-order valence-electron chi connectivity index (χ0n) is 19.3. The van der Waals surface area contributed by atoms with Gasteiger partial charge in [-0.3, -0.25) is 9.36 Å². The van der Waals surface area contributed by atoms with Gasteiger partial charge in [0.25, 0.3) is 5.56 Å². The maximum absolute atomic E-state index is 13.6. The van der Waals surface area contributed by atoms with Gasteiger partial charge in [-0.1, -0.05) is 29.5 Å². The lowest BCUT2D eigenvalue weighted by Crippen LogP contribution is -2.39. The second kappa shape index (κ2) is 9.56. The zero-order chi connectivity index (χ0) is 25.4. The molecule has 1 N–H and O–H groups in total. The molecule has 4 heterocycles. The van der Waals surface area contributed by atoms with Gasteiger partial charge in [0.05, 0.1) is 28.0 Å². The van der Waals surface area contributed by atoms with E-state index < -0.39 is 18.0 Å². The summed E-state index contributed by atoms with van der Waals surface area (Å²) in [5, 5.41) is 11.1. The normalized spacial score (nSPS) is 15.5. The van der Waals surface area contributed by atoms with Crippen LogP contribution in [0.25, 0.3) is 17.4 Å². The van der Waals surface area contributed by atoms with E-state index in [9.17, 15) is 19.5 Å². The Morgan fingerprint density at radius 3 is 2.78 bits per heavy atom. The van der Waals surface area contributed by atoms with Crippen molar-refractivity contribution in [2.75, 3.05) is 6.61 Å². The van der Waals surface area contributed by atoms with E-state index >= 15 is 0 Å². The van der Waals surface area contributed by atoms with Gasteiger partial charge in [0, 0.05) is 16.5 Å². The molecule has 0 spiro atoms. The summed E-state index contributed by atoms with van der Waals surface area (Å²) in [4.78, 5) is 43.5. The summed E-state index contributed by atoms with van der Waals surface area (Å²) < 4.78 is 13.1. The third-order valence-electron chi connectivity index (χ3n) is 5.62. The van der Waals surface area contributed by atoms with Crippen molar-refractivity contribution in [3.63, 3.8) is 0 Å². The number of benzene rings is 1. The molecule has 1 aliphatic heterocycles. The maximum atomic E-state index is 13.6. The number of aromatic carboxylic acids is 1. The van der Waals surface area contributed by atoms with Gasteiger partial charge >= 0.3 is 11.9 Å². The summed E-state index contributed by atoms with van der Waals surface area (Å²) in [5.74, 6) is -0.604. The molecule has 1 aromatic carbocycles. The SMILES string of the molecule is CCOC(=O)C1=C(C)N=c2s/c(=C/c3ccc(-c4cccc(C(=O)O)c4)o3)c(=O)n2C1c1cccs1. The molecule has 1 aliphatic rings. The molecule has 10 heteroatoms. The number of rotatable bonds is 6. The maximum Gasteiger partial charge on any atom is 0.338 e. The lowest BCUT2D eigenvalue weighted by Gasteiger charge is -2.23. The van der Waals surface area contributed by atoms with Crippen LogP contribution < -0.4 is 14.9 Å². The fourth-order valence-corrected chi connectivity index (χ4v) is 5.88. The molecule has 3 aromatic heterocycles. The Labute approximate surface area is 212 Å².